The molecule has 0 bridgehead atoms. The topological polar surface area (TPSA) is 20.3 Å². The number of nitrogens with zero attached hydrogens (tertiary/aromatic N) is 1. The highest BCUT2D eigenvalue weighted by molar-refractivity contribution is 6.30. The molecular weight excluding hydrogens is 270 g/mol. The molecule has 1 unspecified atom stereocenters. The smallest absolute Gasteiger partial charge is 0.232 e. The van der Waals surface area contributed by atoms with Crippen molar-refractivity contribution in [1.29, 1.82) is 0 Å². The monoisotopic (exact) mass is 295 g/mol. The quantitative estimate of drug-likeness (QED) is 0.697. The van der Waals surface area contributed by atoms with Crippen molar-refractivity contribution < 1.29 is 4.79 Å². The number of anilines is 1. The van der Waals surface area contributed by atoms with Crippen molar-refractivity contribution in [2.24, 2.45) is 5.41 Å². The summed E-state index contributed by atoms with van der Waals surface area (Å²) in [5.74, 6) is 0.170. The zero-order valence-corrected chi connectivity index (χ0v) is 14.0. The Morgan fingerprint density at radius 1 is 1.35 bits per heavy atom. The summed E-state index contributed by atoms with van der Waals surface area (Å²) >= 11 is 6.09. The van der Waals surface area contributed by atoms with Gasteiger partial charge in [0.25, 0.3) is 0 Å². The Bertz CT molecular complexity index is 456. The number of halogens is 1. The fourth-order valence-electron chi connectivity index (χ4n) is 2.22. The average molecular weight is 296 g/mol. The van der Waals surface area contributed by atoms with E-state index >= 15 is 0 Å². The Morgan fingerprint density at radius 3 is 2.50 bits per heavy atom. The van der Waals surface area contributed by atoms with Gasteiger partial charge in [-0.2, -0.15) is 0 Å². The molecule has 2 nitrogen and oxygen atoms in total. The van der Waals surface area contributed by atoms with Gasteiger partial charge < -0.3 is 4.90 Å². The Morgan fingerprint density at radius 2 is 2.00 bits per heavy atom. The molecular formula is C17H26ClNO. The average Bonchev–Trinajstić information content (AvgIpc) is 2.39. The number of carbonyl (C=O) groups excluding carboxylic acids is 1. The van der Waals surface area contributed by atoms with E-state index in [0.717, 1.165) is 24.9 Å². The van der Waals surface area contributed by atoms with Gasteiger partial charge >= 0.3 is 0 Å². The van der Waals surface area contributed by atoms with Crippen LogP contribution in [0.1, 0.15) is 53.9 Å². The van der Waals surface area contributed by atoms with Crippen LogP contribution in [0.15, 0.2) is 24.3 Å². The minimum Gasteiger partial charge on any atom is -0.309 e. The van der Waals surface area contributed by atoms with Crippen LogP contribution < -0.4 is 4.90 Å². The molecule has 0 saturated heterocycles. The van der Waals surface area contributed by atoms with Gasteiger partial charge in [0.2, 0.25) is 5.91 Å². The maximum absolute atomic E-state index is 12.9. The third-order valence-electron chi connectivity index (χ3n) is 3.92. The van der Waals surface area contributed by atoms with Crippen LogP contribution in [0, 0.1) is 5.41 Å². The largest absolute Gasteiger partial charge is 0.309 e. The van der Waals surface area contributed by atoms with Crippen molar-refractivity contribution in [3.8, 4) is 0 Å². The zero-order chi connectivity index (χ0) is 15.3. The van der Waals surface area contributed by atoms with Gasteiger partial charge in [0, 0.05) is 22.2 Å². The fourth-order valence-corrected chi connectivity index (χ4v) is 2.41. The number of hydrogen-bond acceptors (Lipinski definition) is 1. The van der Waals surface area contributed by atoms with Gasteiger partial charge in [-0.25, -0.2) is 0 Å². The van der Waals surface area contributed by atoms with Crippen LogP contribution in [-0.2, 0) is 4.79 Å². The summed E-state index contributed by atoms with van der Waals surface area (Å²) in [6, 6.07) is 7.74. The maximum Gasteiger partial charge on any atom is 0.232 e. The first-order valence-electron chi connectivity index (χ1n) is 7.42. The standard InChI is InChI=1S/C17H26ClNO/c1-6-9-13(3)19(16(20)17(4,5)7-2)15-11-8-10-14(18)12-15/h8,10-13H,6-7,9H2,1-5H3. The Labute approximate surface area is 128 Å². The van der Waals surface area contributed by atoms with Crippen molar-refractivity contribution >= 4 is 23.2 Å². The van der Waals surface area contributed by atoms with E-state index in [1.54, 1.807) is 0 Å². The minimum atomic E-state index is -0.357. The van der Waals surface area contributed by atoms with Crippen LogP contribution in [0.3, 0.4) is 0 Å². The number of carbonyl (C=O) groups is 1. The minimum absolute atomic E-state index is 0.170. The van der Waals surface area contributed by atoms with Crippen LogP contribution in [0.2, 0.25) is 5.02 Å². The second-order valence-corrected chi connectivity index (χ2v) is 6.47. The number of benzene rings is 1. The van der Waals surface area contributed by atoms with Gasteiger partial charge in [0.1, 0.15) is 0 Å². The number of amides is 1. The van der Waals surface area contributed by atoms with E-state index in [1.807, 2.05) is 43.0 Å². The molecule has 0 aliphatic heterocycles. The predicted molar refractivity (Wildman–Crippen MR) is 87.4 cm³/mol. The molecule has 1 amide bonds. The summed E-state index contributed by atoms with van der Waals surface area (Å²) in [5, 5.41) is 0.665. The second kappa shape index (κ2) is 7.12. The highest BCUT2D eigenvalue weighted by Gasteiger charge is 2.33. The van der Waals surface area contributed by atoms with Crippen LogP contribution in [-0.4, -0.2) is 11.9 Å². The van der Waals surface area contributed by atoms with Crippen LogP contribution in [0.25, 0.3) is 0 Å². The lowest BCUT2D eigenvalue weighted by Gasteiger charge is -2.35. The molecule has 1 aromatic rings. The van der Waals surface area contributed by atoms with E-state index in [2.05, 4.69) is 20.8 Å². The van der Waals surface area contributed by atoms with E-state index < -0.39 is 0 Å². The van der Waals surface area contributed by atoms with E-state index in [1.165, 1.54) is 0 Å². The molecule has 0 radical (unpaired) electrons. The Kier molecular flexibility index (Phi) is 6.07. The summed E-state index contributed by atoms with van der Waals surface area (Å²) in [5.41, 5.74) is 0.537. The molecule has 1 atom stereocenters. The molecule has 20 heavy (non-hydrogen) atoms. The Hall–Kier alpha value is -1.02. The van der Waals surface area contributed by atoms with Crippen molar-refractivity contribution in [2.45, 2.75) is 59.9 Å². The molecule has 1 aromatic carbocycles. The zero-order valence-electron chi connectivity index (χ0n) is 13.2. The molecule has 3 heteroatoms. The SMILES string of the molecule is CCCC(C)N(C(=O)C(C)(C)CC)c1cccc(Cl)c1. The van der Waals surface area contributed by atoms with Crippen LogP contribution in [0.4, 0.5) is 5.69 Å². The summed E-state index contributed by atoms with van der Waals surface area (Å²) in [7, 11) is 0. The highest BCUT2D eigenvalue weighted by atomic mass is 35.5. The predicted octanol–water partition coefficient (Wildman–Crippen LogP) is 5.30. The first-order chi connectivity index (χ1) is 9.33. The van der Waals surface area contributed by atoms with Crippen molar-refractivity contribution in [3.63, 3.8) is 0 Å². The van der Waals surface area contributed by atoms with E-state index in [9.17, 15) is 4.79 Å². The van der Waals surface area contributed by atoms with Crippen molar-refractivity contribution in [1.82, 2.24) is 0 Å². The van der Waals surface area contributed by atoms with Crippen LogP contribution in [0.5, 0.6) is 0 Å². The molecule has 0 saturated carbocycles. The normalized spacial score (nSPS) is 13.1. The first kappa shape index (κ1) is 17.0. The number of hydrogen-bond donors (Lipinski definition) is 0. The molecule has 0 aliphatic carbocycles. The van der Waals surface area contributed by atoms with Gasteiger partial charge in [-0.05, 0) is 38.0 Å². The Balaban J connectivity index is 3.18. The van der Waals surface area contributed by atoms with Crippen molar-refractivity contribution in [3.05, 3.63) is 29.3 Å². The third kappa shape index (κ3) is 3.99. The summed E-state index contributed by atoms with van der Waals surface area (Å²) in [4.78, 5) is 14.8. The van der Waals surface area contributed by atoms with Crippen molar-refractivity contribution in [2.75, 3.05) is 4.90 Å². The van der Waals surface area contributed by atoms with Gasteiger partial charge in [0.15, 0.2) is 0 Å². The molecule has 0 N–H and O–H groups in total. The van der Waals surface area contributed by atoms with Gasteiger partial charge in [-0.1, -0.05) is 51.8 Å². The highest BCUT2D eigenvalue weighted by Crippen LogP contribution is 2.30. The van der Waals surface area contributed by atoms with Crippen LogP contribution >= 0.6 is 11.6 Å². The molecule has 0 heterocycles. The molecule has 0 aromatic heterocycles. The molecule has 0 spiro atoms. The summed E-state index contributed by atoms with van der Waals surface area (Å²) in [6.45, 7) is 10.3. The lowest BCUT2D eigenvalue weighted by atomic mass is 9.87. The molecule has 0 aliphatic rings. The fraction of sp³-hybridized carbons (Fsp3) is 0.588. The van der Waals surface area contributed by atoms with E-state index in [4.69, 9.17) is 11.6 Å². The van der Waals surface area contributed by atoms with Gasteiger partial charge in [-0.15, -0.1) is 0 Å². The first-order valence-corrected chi connectivity index (χ1v) is 7.80. The molecule has 1 rings (SSSR count). The van der Waals surface area contributed by atoms with E-state index in [0.29, 0.717) is 5.02 Å². The third-order valence-corrected chi connectivity index (χ3v) is 4.15. The number of rotatable bonds is 6. The summed E-state index contributed by atoms with van der Waals surface area (Å²) in [6.07, 6.45) is 2.86. The molecule has 112 valence electrons. The maximum atomic E-state index is 12.9. The second-order valence-electron chi connectivity index (χ2n) is 6.03. The van der Waals surface area contributed by atoms with E-state index in [-0.39, 0.29) is 17.4 Å². The van der Waals surface area contributed by atoms with Gasteiger partial charge in [0.05, 0.1) is 0 Å². The molecule has 0 fully saturated rings. The summed E-state index contributed by atoms with van der Waals surface area (Å²) < 4.78 is 0. The van der Waals surface area contributed by atoms with Gasteiger partial charge in [-0.3, -0.25) is 4.79 Å². The lowest BCUT2D eigenvalue weighted by molar-refractivity contribution is -0.127. The lowest BCUT2D eigenvalue weighted by Crippen LogP contribution is -2.45.